The zero-order valence-corrected chi connectivity index (χ0v) is 22.0. The van der Waals surface area contributed by atoms with E-state index in [9.17, 15) is 9.59 Å². The van der Waals surface area contributed by atoms with E-state index < -0.39 is 0 Å². The summed E-state index contributed by atoms with van der Waals surface area (Å²) in [5, 5.41) is 3.18. The van der Waals surface area contributed by atoms with Crippen LogP contribution in [0.5, 0.6) is 0 Å². The first-order chi connectivity index (χ1) is 18.0. The molecule has 1 atom stereocenters. The van der Waals surface area contributed by atoms with Crippen molar-refractivity contribution in [2.24, 2.45) is 0 Å². The van der Waals surface area contributed by atoms with Gasteiger partial charge in [0.15, 0.2) is 5.78 Å². The summed E-state index contributed by atoms with van der Waals surface area (Å²) in [7, 11) is 0. The lowest BCUT2D eigenvalue weighted by Gasteiger charge is -2.38. The smallest absolute Gasteiger partial charge is 0.220 e. The number of likely N-dealkylation sites (tertiary alicyclic amines) is 1. The molecule has 0 saturated carbocycles. The van der Waals surface area contributed by atoms with Gasteiger partial charge in [0.25, 0.3) is 0 Å². The molecule has 198 valence electrons. The second-order valence-electron chi connectivity index (χ2n) is 10.7. The molecule has 0 spiro atoms. The second-order valence-corrected chi connectivity index (χ2v) is 10.7. The van der Waals surface area contributed by atoms with Gasteiger partial charge in [0.05, 0.1) is 13.2 Å². The van der Waals surface area contributed by atoms with E-state index in [1.165, 1.54) is 11.4 Å². The molecular formula is C30H40N4O3. The Kier molecular flexibility index (Phi) is 8.41. The summed E-state index contributed by atoms with van der Waals surface area (Å²) >= 11 is 0. The summed E-state index contributed by atoms with van der Waals surface area (Å²) in [6.07, 6.45) is 3.80. The quantitative estimate of drug-likeness (QED) is 0.554. The summed E-state index contributed by atoms with van der Waals surface area (Å²) < 4.78 is 5.47. The van der Waals surface area contributed by atoms with Crippen LogP contribution in [0.15, 0.2) is 48.5 Å². The highest BCUT2D eigenvalue weighted by Gasteiger charge is 2.31. The maximum atomic E-state index is 12.5. The molecule has 0 aliphatic carbocycles. The van der Waals surface area contributed by atoms with Crippen LogP contribution >= 0.6 is 0 Å². The lowest BCUT2D eigenvalue weighted by Crippen LogP contribution is -2.45. The highest BCUT2D eigenvalue weighted by molar-refractivity contribution is 5.98. The van der Waals surface area contributed by atoms with Crippen LogP contribution in [0.2, 0.25) is 0 Å². The van der Waals surface area contributed by atoms with Crippen LogP contribution in [0.25, 0.3) is 0 Å². The van der Waals surface area contributed by atoms with E-state index in [4.69, 9.17) is 4.74 Å². The molecule has 7 heteroatoms. The molecule has 3 heterocycles. The van der Waals surface area contributed by atoms with E-state index in [1.807, 2.05) is 31.2 Å². The molecule has 7 nitrogen and oxygen atoms in total. The molecule has 3 saturated heterocycles. The lowest BCUT2D eigenvalue weighted by atomic mass is 10.0. The predicted molar refractivity (Wildman–Crippen MR) is 148 cm³/mol. The molecule has 37 heavy (non-hydrogen) atoms. The topological polar surface area (TPSA) is 65.1 Å². The molecular weight excluding hydrogens is 464 g/mol. The monoisotopic (exact) mass is 504 g/mol. The number of anilines is 2. The Morgan fingerprint density at radius 1 is 0.865 bits per heavy atom. The van der Waals surface area contributed by atoms with Crippen LogP contribution in [-0.4, -0.2) is 81.2 Å². The zero-order chi connectivity index (χ0) is 25.6. The number of Topliss-reactive ketones (excluding diaryl/α,β-unsaturated/α-hetero) is 1. The van der Waals surface area contributed by atoms with Crippen LogP contribution in [-0.2, 0) is 9.53 Å². The number of nitrogens with zero attached hydrogens (tertiary/aromatic N) is 3. The number of ether oxygens (including phenoxy) is 1. The number of rotatable bonds is 8. The average molecular weight is 505 g/mol. The number of amides is 1. The Bertz CT molecular complexity index is 1060. The molecule has 2 aromatic carbocycles. The number of carbonyl (C=O) groups is 2. The van der Waals surface area contributed by atoms with Crippen LogP contribution in [0, 0.1) is 6.92 Å². The number of hydrogen-bond donors (Lipinski definition) is 1. The fourth-order valence-electron chi connectivity index (χ4n) is 5.91. The third-order valence-corrected chi connectivity index (χ3v) is 8.08. The SMILES string of the molecule is Cc1cccc(C(=O)CCC(=O)N[C@@H]2CCN(C3CCN(c4ccc(N5CCOCC5)cc4)CC3)C2)c1. The minimum Gasteiger partial charge on any atom is -0.378 e. The largest absolute Gasteiger partial charge is 0.378 e. The van der Waals surface area contributed by atoms with E-state index in [0.717, 1.165) is 77.3 Å². The molecule has 0 bridgehead atoms. The van der Waals surface area contributed by atoms with Crippen LogP contribution in [0.3, 0.4) is 0 Å². The summed E-state index contributed by atoms with van der Waals surface area (Å²) in [5.74, 6) is 0.0255. The van der Waals surface area contributed by atoms with Crippen molar-refractivity contribution in [3.05, 3.63) is 59.7 Å². The predicted octanol–water partition coefficient (Wildman–Crippen LogP) is 3.65. The molecule has 3 aliphatic rings. The van der Waals surface area contributed by atoms with E-state index in [-0.39, 0.29) is 30.6 Å². The minimum atomic E-state index is -0.0109. The van der Waals surface area contributed by atoms with Gasteiger partial charge < -0.3 is 19.9 Å². The van der Waals surface area contributed by atoms with Gasteiger partial charge in [0.2, 0.25) is 5.91 Å². The molecule has 5 rings (SSSR count). The summed E-state index contributed by atoms with van der Waals surface area (Å²) in [5.41, 5.74) is 4.35. The van der Waals surface area contributed by atoms with Crippen molar-refractivity contribution in [3.8, 4) is 0 Å². The van der Waals surface area contributed by atoms with Crippen molar-refractivity contribution < 1.29 is 14.3 Å². The Morgan fingerprint density at radius 3 is 2.22 bits per heavy atom. The zero-order valence-electron chi connectivity index (χ0n) is 22.0. The highest BCUT2D eigenvalue weighted by Crippen LogP contribution is 2.27. The fraction of sp³-hybridized carbons (Fsp3) is 0.533. The molecule has 0 radical (unpaired) electrons. The van der Waals surface area contributed by atoms with E-state index >= 15 is 0 Å². The Hall–Kier alpha value is -2.90. The van der Waals surface area contributed by atoms with E-state index in [2.05, 4.69) is 44.3 Å². The van der Waals surface area contributed by atoms with Crippen molar-refractivity contribution in [2.75, 3.05) is 62.3 Å². The van der Waals surface area contributed by atoms with Gasteiger partial charge in [-0.3, -0.25) is 14.5 Å². The van der Waals surface area contributed by atoms with Gasteiger partial charge in [-0.15, -0.1) is 0 Å². The molecule has 0 unspecified atom stereocenters. The second kappa shape index (κ2) is 12.1. The summed E-state index contributed by atoms with van der Waals surface area (Å²) in [6, 6.07) is 17.4. The number of piperidine rings is 1. The van der Waals surface area contributed by atoms with Gasteiger partial charge in [0.1, 0.15) is 0 Å². The minimum absolute atomic E-state index is 0.0109. The number of aryl methyl sites for hydroxylation is 1. The van der Waals surface area contributed by atoms with Crippen LogP contribution in [0.4, 0.5) is 11.4 Å². The number of hydrogen-bond acceptors (Lipinski definition) is 6. The molecule has 3 fully saturated rings. The van der Waals surface area contributed by atoms with Gasteiger partial charge in [-0.25, -0.2) is 0 Å². The average Bonchev–Trinajstić information content (AvgIpc) is 3.41. The maximum Gasteiger partial charge on any atom is 0.220 e. The Labute approximate surface area is 220 Å². The molecule has 2 aromatic rings. The number of ketones is 1. The maximum absolute atomic E-state index is 12.5. The number of morpholine rings is 1. The van der Waals surface area contributed by atoms with Crippen molar-refractivity contribution in [1.29, 1.82) is 0 Å². The lowest BCUT2D eigenvalue weighted by molar-refractivity contribution is -0.121. The highest BCUT2D eigenvalue weighted by atomic mass is 16.5. The molecule has 1 N–H and O–H groups in total. The van der Waals surface area contributed by atoms with Crippen molar-refractivity contribution in [2.45, 2.75) is 51.1 Å². The van der Waals surface area contributed by atoms with Gasteiger partial charge in [-0.2, -0.15) is 0 Å². The van der Waals surface area contributed by atoms with Gasteiger partial charge in [-0.1, -0.05) is 23.8 Å². The van der Waals surface area contributed by atoms with Crippen molar-refractivity contribution in [1.82, 2.24) is 10.2 Å². The first-order valence-electron chi connectivity index (χ1n) is 13.9. The van der Waals surface area contributed by atoms with Crippen molar-refractivity contribution in [3.63, 3.8) is 0 Å². The third-order valence-electron chi connectivity index (χ3n) is 8.08. The van der Waals surface area contributed by atoms with Gasteiger partial charge >= 0.3 is 0 Å². The third kappa shape index (κ3) is 6.70. The number of carbonyl (C=O) groups excluding carboxylic acids is 2. The Balaban J connectivity index is 1.03. The first-order valence-corrected chi connectivity index (χ1v) is 13.9. The van der Waals surface area contributed by atoms with Crippen LogP contribution in [0.1, 0.15) is 48.0 Å². The standard InChI is InChI=1S/C30H40N4O3/c1-23-3-2-4-24(21-23)29(35)9-10-30(36)31-25-11-14-34(22-25)28-12-15-32(16-13-28)26-5-7-27(8-6-26)33-17-19-37-20-18-33/h2-8,21,25,28H,9-20,22H2,1H3,(H,31,36)/t25-/m1/s1. The van der Waals surface area contributed by atoms with Gasteiger partial charge in [-0.05, 0) is 56.5 Å². The number of nitrogens with one attached hydrogen (secondary N) is 1. The summed E-state index contributed by atoms with van der Waals surface area (Å²) in [6.45, 7) is 9.60. The molecule has 3 aliphatic heterocycles. The fourth-order valence-corrected chi connectivity index (χ4v) is 5.91. The summed E-state index contributed by atoms with van der Waals surface area (Å²) in [4.78, 5) is 32.4. The molecule has 1 amide bonds. The van der Waals surface area contributed by atoms with E-state index in [1.54, 1.807) is 0 Å². The Morgan fingerprint density at radius 2 is 1.54 bits per heavy atom. The normalized spacial score (nSPS) is 21.3. The first kappa shape index (κ1) is 25.7. The molecule has 0 aromatic heterocycles. The van der Waals surface area contributed by atoms with Crippen molar-refractivity contribution >= 4 is 23.1 Å². The number of benzene rings is 2. The van der Waals surface area contributed by atoms with Gasteiger partial charge in [0, 0.05) is 81.1 Å². The van der Waals surface area contributed by atoms with Crippen LogP contribution < -0.4 is 15.1 Å². The van der Waals surface area contributed by atoms with E-state index in [0.29, 0.717) is 11.6 Å².